The molecule has 24 heavy (non-hydrogen) atoms. The molecule has 0 saturated carbocycles. The third-order valence-corrected chi connectivity index (χ3v) is 4.06. The first kappa shape index (κ1) is 14.4. The highest BCUT2D eigenvalue weighted by molar-refractivity contribution is 5.79. The molecule has 0 atom stereocenters. The number of rotatable bonds is 2. The van der Waals surface area contributed by atoms with Crippen molar-refractivity contribution in [2.24, 2.45) is 0 Å². The highest BCUT2D eigenvalue weighted by Gasteiger charge is 2.13. The largest absolute Gasteiger partial charge is 0.354 e. The molecule has 4 aromatic rings. The van der Waals surface area contributed by atoms with Crippen LogP contribution in [-0.2, 0) is 0 Å². The van der Waals surface area contributed by atoms with Crippen LogP contribution in [0.5, 0.6) is 0 Å². The fraction of sp³-hybridized carbons (Fsp3) is 0.105. The molecule has 0 N–H and O–H groups in total. The van der Waals surface area contributed by atoms with E-state index in [1.165, 1.54) is 0 Å². The summed E-state index contributed by atoms with van der Waals surface area (Å²) in [5, 5.41) is 5.41. The van der Waals surface area contributed by atoms with Gasteiger partial charge in [-0.3, -0.25) is 4.57 Å². The zero-order valence-corrected chi connectivity index (χ0v) is 13.5. The van der Waals surface area contributed by atoms with E-state index in [2.05, 4.69) is 10.1 Å². The molecule has 0 bridgehead atoms. The van der Waals surface area contributed by atoms with Crippen molar-refractivity contribution in [2.45, 2.75) is 13.8 Å². The topological polar surface area (TPSA) is 52.7 Å². The quantitative estimate of drug-likeness (QED) is 0.571. The van der Waals surface area contributed by atoms with Gasteiger partial charge in [0.1, 0.15) is 0 Å². The van der Waals surface area contributed by atoms with Gasteiger partial charge < -0.3 is 0 Å². The van der Waals surface area contributed by atoms with Gasteiger partial charge in [-0.15, -0.1) is 0 Å². The van der Waals surface area contributed by atoms with E-state index in [9.17, 15) is 4.79 Å². The fourth-order valence-electron chi connectivity index (χ4n) is 2.75. The van der Waals surface area contributed by atoms with Crippen LogP contribution in [0.15, 0.2) is 65.6 Å². The Labute approximate surface area is 138 Å². The summed E-state index contributed by atoms with van der Waals surface area (Å²) in [4.78, 5) is 16.8. The summed E-state index contributed by atoms with van der Waals surface area (Å²) in [5.74, 6) is 0. The molecule has 0 radical (unpaired) electrons. The summed E-state index contributed by atoms with van der Waals surface area (Å²) in [5.41, 5.74) is 3.93. The molecule has 5 heteroatoms. The first-order valence-corrected chi connectivity index (χ1v) is 7.75. The maximum Gasteiger partial charge on any atom is 0.354 e. The minimum atomic E-state index is -0.316. The number of fused-ring (bicyclic) bond motifs is 1. The van der Waals surface area contributed by atoms with Gasteiger partial charge in [0.2, 0.25) is 0 Å². The van der Waals surface area contributed by atoms with Crippen LogP contribution in [0.4, 0.5) is 0 Å². The molecule has 0 spiro atoms. The Morgan fingerprint density at radius 3 is 2.29 bits per heavy atom. The zero-order chi connectivity index (χ0) is 16.7. The second-order valence-corrected chi connectivity index (χ2v) is 5.80. The highest BCUT2D eigenvalue weighted by atomic mass is 16.1. The Morgan fingerprint density at radius 2 is 1.58 bits per heavy atom. The standard InChI is InChI=1S/C19H16N4O/c1-13-8-10-15(11-9-13)22-12-17-14(2)21-23(18(17)20-19(22)24)16-6-4-3-5-7-16/h3-12H,1-2H3. The van der Waals surface area contributed by atoms with E-state index in [0.29, 0.717) is 5.65 Å². The number of hydrogen-bond donors (Lipinski definition) is 0. The molecule has 0 amide bonds. The second kappa shape index (κ2) is 5.45. The monoisotopic (exact) mass is 316 g/mol. The third kappa shape index (κ3) is 2.31. The van der Waals surface area contributed by atoms with Crippen LogP contribution in [0.3, 0.4) is 0 Å². The molecular weight excluding hydrogens is 300 g/mol. The molecule has 0 aliphatic heterocycles. The summed E-state index contributed by atoms with van der Waals surface area (Å²) in [7, 11) is 0. The van der Waals surface area contributed by atoms with Crippen LogP contribution in [-0.4, -0.2) is 19.3 Å². The summed E-state index contributed by atoms with van der Waals surface area (Å²) in [6.07, 6.45) is 1.82. The lowest BCUT2D eigenvalue weighted by Gasteiger charge is -2.06. The number of nitrogens with zero attached hydrogens (tertiary/aromatic N) is 4. The van der Waals surface area contributed by atoms with Gasteiger partial charge in [0.25, 0.3) is 0 Å². The fourth-order valence-corrected chi connectivity index (χ4v) is 2.75. The van der Waals surface area contributed by atoms with Crippen molar-refractivity contribution in [3.8, 4) is 11.4 Å². The molecule has 0 saturated heterocycles. The highest BCUT2D eigenvalue weighted by Crippen LogP contribution is 2.19. The molecule has 2 aromatic heterocycles. The van der Waals surface area contributed by atoms with Gasteiger partial charge in [0, 0.05) is 6.20 Å². The predicted molar refractivity (Wildman–Crippen MR) is 93.9 cm³/mol. The van der Waals surface area contributed by atoms with E-state index in [4.69, 9.17) is 0 Å². The van der Waals surface area contributed by atoms with Crippen molar-refractivity contribution < 1.29 is 0 Å². The minimum absolute atomic E-state index is 0.316. The van der Waals surface area contributed by atoms with Gasteiger partial charge in [0.05, 0.1) is 22.5 Å². The number of para-hydroxylation sites is 1. The van der Waals surface area contributed by atoms with Crippen LogP contribution >= 0.6 is 0 Å². The average Bonchev–Trinajstić information content (AvgIpc) is 2.92. The Balaban J connectivity index is 1.96. The van der Waals surface area contributed by atoms with Crippen LogP contribution in [0.25, 0.3) is 22.4 Å². The Morgan fingerprint density at radius 1 is 0.875 bits per heavy atom. The summed E-state index contributed by atoms with van der Waals surface area (Å²) in [6.45, 7) is 3.94. The van der Waals surface area contributed by atoms with Crippen LogP contribution in [0.2, 0.25) is 0 Å². The van der Waals surface area contributed by atoms with Crippen LogP contribution in [0.1, 0.15) is 11.3 Å². The molecule has 4 rings (SSSR count). The smallest absolute Gasteiger partial charge is 0.267 e. The van der Waals surface area contributed by atoms with Gasteiger partial charge in [0.15, 0.2) is 5.65 Å². The molecule has 0 aliphatic carbocycles. The molecule has 118 valence electrons. The Bertz CT molecular complexity index is 1080. The maximum atomic E-state index is 12.5. The maximum absolute atomic E-state index is 12.5. The van der Waals surface area contributed by atoms with E-state index in [-0.39, 0.29) is 5.69 Å². The lowest BCUT2D eigenvalue weighted by atomic mass is 10.2. The summed E-state index contributed by atoms with van der Waals surface area (Å²) < 4.78 is 3.28. The molecule has 2 heterocycles. The first-order chi connectivity index (χ1) is 11.6. The lowest BCUT2D eigenvalue weighted by molar-refractivity contribution is 0.863. The van der Waals surface area contributed by atoms with Crippen molar-refractivity contribution in [2.75, 3.05) is 0 Å². The minimum Gasteiger partial charge on any atom is -0.267 e. The van der Waals surface area contributed by atoms with E-state index >= 15 is 0 Å². The van der Waals surface area contributed by atoms with E-state index in [1.54, 1.807) is 9.25 Å². The number of aryl methyl sites for hydroxylation is 2. The SMILES string of the molecule is Cc1ccc(-n2cc3c(C)nn(-c4ccccc4)c3nc2=O)cc1. The van der Waals surface area contributed by atoms with Gasteiger partial charge in [-0.25, -0.2) is 9.48 Å². The van der Waals surface area contributed by atoms with E-state index < -0.39 is 0 Å². The van der Waals surface area contributed by atoms with Gasteiger partial charge in [-0.1, -0.05) is 35.9 Å². The number of hydrogen-bond acceptors (Lipinski definition) is 3. The normalized spacial score (nSPS) is 11.1. The van der Waals surface area contributed by atoms with Crippen molar-refractivity contribution in [3.05, 3.63) is 82.5 Å². The van der Waals surface area contributed by atoms with Crippen molar-refractivity contribution in [3.63, 3.8) is 0 Å². The Hall–Kier alpha value is -3.21. The van der Waals surface area contributed by atoms with Gasteiger partial charge in [-0.05, 0) is 38.1 Å². The number of benzene rings is 2. The van der Waals surface area contributed by atoms with Gasteiger partial charge in [-0.2, -0.15) is 10.1 Å². The predicted octanol–water partition coefficient (Wildman–Crippen LogP) is 3.19. The van der Waals surface area contributed by atoms with E-state index in [1.807, 2.05) is 74.6 Å². The Kier molecular flexibility index (Phi) is 3.27. The zero-order valence-electron chi connectivity index (χ0n) is 13.5. The molecular formula is C19H16N4O. The van der Waals surface area contributed by atoms with Crippen molar-refractivity contribution >= 4 is 11.0 Å². The van der Waals surface area contributed by atoms with E-state index in [0.717, 1.165) is 28.0 Å². The molecule has 2 aromatic carbocycles. The number of aromatic nitrogens is 4. The van der Waals surface area contributed by atoms with Crippen LogP contribution in [0, 0.1) is 13.8 Å². The first-order valence-electron chi connectivity index (χ1n) is 7.75. The summed E-state index contributed by atoms with van der Waals surface area (Å²) in [6, 6.07) is 17.5. The van der Waals surface area contributed by atoms with Gasteiger partial charge >= 0.3 is 5.69 Å². The molecule has 5 nitrogen and oxygen atoms in total. The van der Waals surface area contributed by atoms with Crippen molar-refractivity contribution in [1.29, 1.82) is 0 Å². The van der Waals surface area contributed by atoms with Crippen molar-refractivity contribution in [1.82, 2.24) is 19.3 Å². The second-order valence-electron chi connectivity index (χ2n) is 5.80. The lowest BCUT2D eigenvalue weighted by Crippen LogP contribution is -2.21. The molecule has 0 aliphatic rings. The van der Waals surface area contributed by atoms with Crippen LogP contribution < -0.4 is 5.69 Å². The third-order valence-electron chi connectivity index (χ3n) is 4.06. The average molecular weight is 316 g/mol. The molecule has 0 unspecified atom stereocenters. The summed E-state index contributed by atoms with van der Waals surface area (Å²) >= 11 is 0. The molecule has 0 fully saturated rings.